The topological polar surface area (TPSA) is 46.3 Å². The molecule has 0 heterocycles. The van der Waals surface area contributed by atoms with Gasteiger partial charge >= 0.3 is 0 Å². The molecule has 3 nitrogen and oxygen atoms in total. The van der Waals surface area contributed by atoms with Crippen LogP contribution in [-0.2, 0) is 0 Å². The van der Waals surface area contributed by atoms with E-state index in [9.17, 15) is 4.79 Å². The molecule has 0 atom stereocenters. The smallest absolute Gasteiger partial charge is 0.268 e. The summed E-state index contributed by atoms with van der Waals surface area (Å²) in [7, 11) is 0. The highest BCUT2D eigenvalue weighted by Crippen LogP contribution is 2.27. The van der Waals surface area contributed by atoms with E-state index < -0.39 is 5.54 Å². The van der Waals surface area contributed by atoms with Crippen LogP contribution in [0.25, 0.3) is 0 Å². The molecule has 100 valence electrons. The highest BCUT2D eigenvalue weighted by molar-refractivity contribution is 6.32. The predicted octanol–water partition coefficient (Wildman–Crippen LogP) is 3.38. The van der Waals surface area contributed by atoms with Gasteiger partial charge in [-0.2, -0.15) is 0 Å². The first-order valence-corrected chi connectivity index (χ1v) is 6.30. The average molecular weight is 269 g/mol. The van der Waals surface area contributed by atoms with Gasteiger partial charge in [-0.3, -0.25) is 9.80 Å². The molecule has 0 saturated carbocycles. The molecule has 2 N–H and O–H groups in total. The second kappa shape index (κ2) is 4.90. The number of hydrazine groups is 1. The van der Waals surface area contributed by atoms with Gasteiger partial charge in [-0.1, -0.05) is 11.6 Å². The van der Waals surface area contributed by atoms with E-state index in [0.717, 1.165) is 16.7 Å². The molecule has 4 heteroatoms. The molecule has 0 bridgehead atoms. The molecule has 0 aliphatic heterocycles. The molecule has 0 fully saturated rings. The van der Waals surface area contributed by atoms with Gasteiger partial charge in [0.15, 0.2) is 0 Å². The van der Waals surface area contributed by atoms with Crippen LogP contribution in [0.2, 0.25) is 5.02 Å². The fourth-order valence-electron chi connectivity index (χ4n) is 1.71. The van der Waals surface area contributed by atoms with Crippen molar-refractivity contribution < 1.29 is 4.79 Å². The number of benzene rings is 1. The number of halogens is 1. The molecule has 1 aromatic carbocycles. The number of amides is 1. The van der Waals surface area contributed by atoms with Crippen LogP contribution in [0.4, 0.5) is 0 Å². The van der Waals surface area contributed by atoms with Gasteiger partial charge in [0.1, 0.15) is 0 Å². The van der Waals surface area contributed by atoms with Crippen molar-refractivity contribution in [3.05, 3.63) is 33.3 Å². The first-order valence-electron chi connectivity index (χ1n) is 5.93. The Balaban J connectivity index is 3.32. The highest BCUT2D eigenvalue weighted by Gasteiger charge is 2.26. The lowest BCUT2D eigenvalue weighted by Gasteiger charge is -2.31. The molecule has 1 aromatic rings. The van der Waals surface area contributed by atoms with Gasteiger partial charge in [0, 0.05) is 10.6 Å². The number of hydrogen-bond acceptors (Lipinski definition) is 2. The fourth-order valence-corrected chi connectivity index (χ4v) is 1.90. The molecule has 1 amide bonds. The van der Waals surface area contributed by atoms with E-state index in [1.165, 1.54) is 5.01 Å². The molecule has 0 unspecified atom stereocenters. The van der Waals surface area contributed by atoms with E-state index in [-0.39, 0.29) is 5.91 Å². The maximum Gasteiger partial charge on any atom is 0.268 e. The van der Waals surface area contributed by atoms with Crippen molar-refractivity contribution >= 4 is 17.5 Å². The minimum absolute atomic E-state index is 0.178. The average Bonchev–Trinajstić information content (AvgIpc) is 2.28. The molecule has 1 rings (SSSR count). The van der Waals surface area contributed by atoms with Crippen LogP contribution >= 0.6 is 11.6 Å². The minimum Gasteiger partial charge on any atom is -0.271 e. The van der Waals surface area contributed by atoms with Crippen LogP contribution in [0.1, 0.15) is 47.8 Å². The number of aryl methyl sites for hydroxylation is 1. The number of nitrogens with zero attached hydrogens (tertiary/aromatic N) is 1. The van der Waals surface area contributed by atoms with Crippen molar-refractivity contribution in [3.63, 3.8) is 0 Å². The monoisotopic (exact) mass is 268 g/mol. The van der Waals surface area contributed by atoms with Crippen molar-refractivity contribution in [2.45, 2.75) is 47.1 Å². The van der Waals surface area contributed by atoms with Gasteiger partial charge in [-0.15, -0.1) is 0 Å². The minimum atomic E-state index is -0.412. The number of carbonyl (C=O) groups excluding carboxylic acids is 1. The molecule has 0 saturated heterocycles. The third-order valence-corrected chi connectivity index (χ3v) is 3.76. The van der Waals surface area contributed by atoms with E-state index in [2.05, 4.69) is 0 Å². The van der Waals surface area contributed by atoms with E-state index >= 15 is 0 Å². The maximum absolute atomic E-state index is 12.4. The molecule has 0 aliphatic rings. The Morgan fingerprint density at radius 2 is 1.72 bits per heavy atom. The summed E-state index contributed by atoms with van der Waals surface area (Å²) in [6.45, 7) is 11.4. The summed E-state index contributed by atoms with van der Waals surface area (Å²) < 4.78 is 0. The largest absolute Gasteiger partial charge is 0.271 e. The van der Waals surface area contributed by atoms with Gasteiger partial charge in [-0.05, 0) is 64.3 Å². The summed E-state index contributed by atoms with van der Waals surface area (Å²) in [5.74, 6) is 5.71. The summed E-state index contributed by atoms with van der Waals surface area (Å²) >= 11 is 6.17. The van der Waals surface area contributed by atoms with Crippen LogP contribution in [0.5, 0.6) is 0 Å². The number of carbonyl (C=O) groups is 1. The first kappa shape index (κ1) is 15.0. The number of hydrogen-bond donors (Lipinski definition) is 1. The molecule has 0 aliphatic carbocycles. The standard InChI is InChI=1S/C14H21ClN2O/c1-8-7-11(9(2)10(3)12(8)15)13(18)17(16)14(4,5)6/h7H,16H2,1-6H3. The SMILES string of the molecule is Cc1cc(C(=O)N(N)C(C)(C)C)c(C)c(C)c1Cl. The second-order valence-corrected chi connectivity index (χ2v) is 6.03. The van der Waals surface area contributed by atoms with Gasteiger partial charge < -0.3 is 0 Å². The van der Waals surface area contributed by atoms with E-state index in [4.69, 9.17) is 17.4 Å². The van der Waals surface area contributed by atoms with E-state index in [1.54, 1.807) is 6.07 Å². The third kappa shape index (κ3) is 2.68. The van der Waals surface area contributed by atoms with E-state index in [0.29, 0.717) is 10.6 Å². The van der Waals surface area contributed by atoms with Crippen molar-refractivity contribution in [1.29, 1.82) is 0 Å². The first-order chi connectivity index (χ1) is 8.07. The van der Waals surface area contributed by atoms with Crippen LogP contribution in [0.15, 0.2) is 6.07 Å². The third-order valence-electron chi connectivity index (χ3n) is 3.17. The molecule has 0 aromatic heterocycles. The van der Waals surface area contributed by atoms with Crippen LogP contribution in [-0.4, -0.2) is 16.5 Å². The van der Waals surface area contributed by atoms with Crippen molar-refractivity contribution in [1.82, 2.24) is 5.01 Å². The Morgan fingerprint density at radius 3 is 2.17 bits per heavy atom. The second-order valence-electron chi connectivity index (χ2n) is 5.65. The predicted molar refractivity (Wildman–Crippen MR) is 75.8 cm³/mol. The molecular formula is C14H21ClN2O. The van der Waals surface area contributed by atoms with Gasteiger partial charge in [0.2, 0.25) is 0 Å². The summed E-state index contributed by atoms with van der Waals surface area (Å²) in [6.07, 6.45) is 0. The van der Waals surface area contributed by atoms with Crippen molar-refractivity contribution in [3.8, 4) is 0 Å². The van der Waals surface area contributed by atoms with E-state index in [1.807, 2.05) is 41.5 Å². The van der Waals surface area contributed by atoms with Gasteiger partial charge in [-0.25, -0.2) is 5.84 Å². The van der Waals surface area contributed by atoms with Gasteiger partial charge in [0.25, 0.3) is 5.91 Å². The summed E-state index contributed by atoms with van der Waals surface area (Å²) in [4.78, 5) is 12.4. The molecule has 0 radical (unpaired) electrons. The van der Waals surface area contributed by atoms with Crippen LogP contribution in [0, 0.1) is 20.8 Å². The Morgan fingerprint density at radius 1 is 1.22 bits per heavy atom. The maximum atomic E-state index is 12.4. The lowest BCUT2D eigenvalue weighted by molar-refractivity contribution is 0.0581. The van der Waals surface area contributed by atoms with Crippen LogP contribution in [0.3, 0.4) is 0 Å². The Labute approximate surface area is 114 Å². The normalized spacial score (nSPS) is 11.6. The summed E-state index contributed by atoms with van der Waals surface area (Å²) in [5.41, 5.74) is 2.92. The Kier molecular flexibility index (Phi) is 4.08. The number of rotatable bonds is 1. The summed E-state index contributed by atoms with van der Waals surface area (Å²) in [5, 5.41) is 1.98. The Bertz CT molecular complexity index is 490. The van der Waals surface area contributed by atoms with Crippen LogP contribution < -0.4 is 5.84 Å². The highest BCUT2D eigenvalue weighted by atomic mass is 35.5. The fraction of sp³-hybridized carbons (Fsp3) is 0.500. The number of nitrogens with two attached hydrogens (primary N) is 1. The zero-order valence-corrected chi connectivity index (χ0v) is 12.6. The van der Waals surface area contributed by atoms with Gasteiger partial charge in [0.05, 0.1) is 5.54 Å². The quantitative estimate of drug-likeness (QED) is 0.482. The van der Waals surface area contributed by atoms with Crippen molar-refractivity contribution in [2.24, 2.45) is 5.84 Å². The zero-order valence-electron chi connectivity index (χ0n) is 11.9. The molecule has 0 spiro atoms. The molecular weight excluding hydrogens is 248 g/mol. The van der Waals surface area contributed by atoms with Crippen molar-refractivity contribution in [2.75, 3.05) is 0 Å². The summed E-state index contributed by atoms with van der Waals surface area (Å²) in [6, 6.07) is 1.80. The lowest BCUT2D eigenvalue weighted by atomic mass is 9.98. The molecule has 18 heavy (non-hydrogen) atoms. The lowest BCUT2D eigenvalue weighted by Crippen LogP contribution is -2.50. The Hall–Kier alpha value is -1.06. The zero-order chi connectivity index (χ0) is 14.2.